The maximum Gasteiger partial charge on any atom is 0.197 e. The Balaban J connectivity index is 2.22. The Kier molecular flexibility index (Phi) is 3.44. The van der Waals surface area contributed by atoms with Gasteiger partial charge in [0, 0.05) is 7.11 Å². The van der Waals surface area contributed by atoms with Crippen molar-refractivity contribution >= 4 is 5.78 Å². The lowest BCUT2D eigenvalue weighted by Gasteiger charge is -2.29. The Morgan fingerprint density at radius 2 is 2.00 bits per heavy atom. The number of ketones is 1. The van der Waals surface area contributed by atoms with E-state index in [1.807, 2.05) is 0 Å². The van der Waals surface area contributed by atoms with E-state index in [0.717, 1.165) is 25.7 Å². The summed E-state index contributed by atoms with van der Waals surface area (Å²) in [5.41, 5.74) is 0.0177. The van der Waals surface area contributed by atoms with Crippen molar-refractivity contribution in [2.45, 2.75) is 44.1 Å². The molecule has 88 valence electrons. The highest BCUT2D eigenvalue weighted by molar-refractivity contribution is 6.02. The van der Waals surface area contributed by atoms with E-state index in [2.05, 4.69) is 0 Å². The van der Waals surface area contributed by atoms with Gasteiger partial charge in [-0.3, -0.25) is 4.79 Å². The van der Waals surface area contributed by atoms with E-state index in [-0.39, 0.29) is 5.78 Å². The van der Waals surface area contributed by atoms with Crippen LogP contribution >= 0.6 is 0 Å². The molecular weight excluding hydrogens is 204 g/mol. The first-order valence-electron chi connectivity index (χ1n) is 5.91. The number of ether oxygens (including phenoxy) is 1. The van der Waals surface area contributed by atoms with Crippen molar-refractivity contribution in [2.75, 3.05) is 7.11 Å². The minimum Gasteiger partial charge on any atom is -0.472 e. The molecule has 0 spiro atoms. The molecule has 1 fully saturated rings. The minimum absolute atomic E-state index is 0.0747. The van der Waals surface area contributed by atoms with E-state index in [9.17, 15) is 4.79 Å². The molecule has 1 heterocycles. The van der Waals surface area contributed by atoms with Gasteiger partial charge in [0.05, 0.1) is 11.8 Å². The van der Waals surface area contributed by atoms with Crippen LogP contribution in [0, 0.1) is 0 Å². The molecule has 0 saturated heterocycles. The zero-order valence-corrected chi connectivity index (χ0v) is 9.70. The van der Waals surface area contributed by atoms with Crippen molar-refractivity contribution in [2.24, 2.45) is 0 Å². The number of rotatable bonds is 3. The van der Waals surface area contributed by atoms with Crippen LogP contribution in [-0.2, 0) is 4.74 Å². The SMILES string of the molecule is COC1(C(=O)c2ccoc2)CCCCCC1. The summed E-state index contributed by atoms with van der Waals surface area (Å²) >= 11 is 0. The van der Waals surface area contributed by atoms with Crippen LogP contribution in [0.2, 0.25) is 0 Å². The lowest BCUT2D eigenvalue weighted by atomic mass is 9.86. The van der Waals surface area contributed by atoms with Gasteiger partial charge in [0.2, 0.25) is 0 Å². The Hall–Kier alpha value is -1.09. The van der Waals surface area contributed by atoms with E-state index in [4.69, 9.17) is 9.15 Å². The van der Waals surface area contributed by atoms with Crippen molar-refractivity contribution in [3.05, 3.63) is 24.2 Å². The van der Waals surface area contributed by atoms with Crippen molar-refractivity contribution in [3.8, 4) is 0 Å². The summed E-state index contributed by atoms with van der Waals surface area (Å²) in [6.45, 7) is 0. The highest BCUT2D eigenvalue weighted by Gasteiger charge is 2.39. The third kappa shape index (κ3) is 2.05. The lowest BCUT2D eigenvalue weighted by Crippen LogP contribution is -2.40. The molecule has 0 aliphatic heterocycles. The second-order valence-corrected chi connectivity index (χ2v) is 4.45. The molecule has 2 rings (SSSR count). The molecule has 1 aromatic heterocycles. The highest BCUT2D eigenvalue weighted by Crippen LogP contribution is 2.33. The van der Waals surface area contributed by atoms with Crippen molar-refractivity contribution in [3.63, 3.8) is 0 Å². The summed E-state index contributed by atoms with van der Waals surface area (Å²) in [7, 11) is 1.64. The van der Waals surface area contributed by atoms with Crippen LogP contribution in [0.1, 0.15) is 48.9 Å². The zero-order chi connectivity index (χ0) is 11.4. The molecule has 0 atom stereocenters. The number of Topliss-reactive ketones (excluding diaryl/α,β-unsaturated/α-hetero) is 1. The number of carbonyl (C=O) groups is 1. The molecule has 0 aromatic carbocycles. The van der Waals surface area contributed by atoms with Gasteiger partial charge in [0.15, 0.2) is 5.78 Å². The Morgan fingerprint density at radius 1 is 1.31 bits per heavy atom. The first-order chi connectivity index (χ1) is 7.78. The first-order valence-corrected chi connectivity index (χ1v) is 5.91. The topological polar surface area (TPSA) is 39.4 Å². The fourth-order valence-electron chi connectivity index (χ4n) is 2.48. The van der Waals surface area contributed by atoms with E-state index in [0.29, 0.717) is 5.56 Å². The maximum atomic E-state index is 12.4. The van der Waals surface area contributed by atoms with Crippen LogP contribution in [0.15, 0.2) is 23.0 Å². The average Bonchev–Trinajstić information content (AvgIpc) is 2.73. The second-order valence-electron chi connectivity index (χ2n) is 4.45. The number of hydrogen-bond acceptors (Lipinski definition) is 3. The molecule has 0 amide bonds. The standard InChI is InChI=1S/C13H18O3/c1-15-13(7-4-2-3-5-8-13)12(14)11-6-9-16-10-11/h6,9-10H,2-5,7-8H2,1H3. The van der Waals surface area contributed by atoms with Crippen molar-refractivity contribution in [1.29, 1.82) is 0 Å². The number of methoxy groups -OCH3 is 1. The highest BCUT2D eigenvalue weighted by atomic mass is 16.5. The smallest absolute Gasteiger partial charge is 0.197 e. The molecule has 1 aliphatic carbocycles. The van der Waals surface area contributed by atoms with Crippen LogP contribution in [0.25, 0.3) is 0 Å². The molecule has 1 aliphatic rings. The molecule has 3 nitrogen and oxygen atoms in total. The summed E-state index contributed by atoms with van der Waals surface area (Å²) in [6.07, 6.45) is 9.23. The predicted octanol–water partition coefficient (Wildman–Crippen LogP) is 3.20. The monoisotopic (exact) mass is 222 g/mol. The largest absolute Gasteiger partial charge is 0.472 e. The van der Waals surface area contributed by atoms with E-state index in [1.54, 1.807) is 13.2 Å². The maximum absolute atomic E-state index is 12.4. The Morgan fingerprint density at radius 3 is 2.50 bits per heavy atom. The summed E-state index contributed by atoms with van der Waals surface area (Å²) in [4.78, 5) is 12.4. The molecule has 1 saturated carbocycles. The van der Waals surface area contributed by atoms with Gasteiger partial charge in [-0.1, -0.05) is 25.7 Å². The van der Waals surface area contributed by atoms with Gasteiger partial charge in [-0.05, 0) is 18.9 Å². The second kappa shape index (κ2) is 4.83. The van der Waals surface area contributed by atoms with Crippen LogP contribution in [0.5, 0.6) is 0 Å². The van der Waals surface area contributed by atoms with Gasteiger partial charge < -0.3 is 9.15 Å². The molecule has 0 N–H and O–H groups in total. The van der Waals surface area contributed by atoms with E-state index in [1.165, 1.54) is 25.4 Å². The van der Waals surface area contributed by atoms with Crippen molar-refractivity contribution in [1.82, 2.24) is 0 Å². The summed E-state index contributed by atoms with van der Waals surface area (Å²) in [6, 6.07) is 1.72. The Labute approximate surface area is 95.8 Å². The third-order valence-corrected chi connectivity index (χ3v) is 3.50. The predicted molar refractivity (Wildman–Crippen MR) is 60.5 cm³/mol. The van der Waals surface area contributed by atoms with Crippen LogP contribution < -0.4 is 0 Å². The summed E-state index contributed by atoms with van der Waals surface area (Å²) in [5.74, 6) is 0.0747. The molecule has 0 bridgehead atoms. The van der Waals surface area contributed by atoms with Gasteiger partial charge in [-0.15, -0.1) is 0 Å². The third-order valence-electron chi connectivity index (χ3n) is 3.50. The fourth-order valence-corrected chi connectivity index (χ4v) is 2.48. The molecule has 0 radical (unpaired) electrons. The Bertz CT molecular complexity index is 332. The normalized spacial score (nSPS) is 20.3. The number of hydrogen-bond donors (Lipinski definition) is 0. The number of carbonyl (C=O) groups excluding carboxylic acids is 1. The average molecular weight is 222 g/mol. The van der Waals surface area contributed by atoms with Crippen LogP contribution in [0.3, 0.4) is 0 Å². The first kappa shape index (κ1) is 11.4. The molecule has 1 aromatic rings. The summed E-state index contributed by atoms with van der Waals surface area (Å²) in [5, 5.41) is 0. The van der Waals surface area contributed by atoms with Gasteiger partial charge in [-0.2, -0.15) is 0 Å². The van der Waals surface area contributed by atoms with Gasteiger partial charge in [0.1, 0.15) is 11.9 Å². The quantitative estimate of drug-likeness (QED) is 0.582. The van der Waals surface area contributed by atoms with Crippen LogP contribution in [-0.4, -0.2) is 18.5 Å². The lowest BCUT2D eigenvalue weighted by molar-refractivity contribution is -0.00696. The zero-order valence-electron chi connectivity index (χ0n) is 9.70. The fraction of sp³-hybridized carbons (Fsp3) is 0.615. The minimum atomic E-state index is -0.611. The molecule has 0 unspecified atom stereocenters. The van der Waals surface area contributed by atoms with Gasteiger partial charge >= 0.3 is 0 Å². The molecule has 16 heavy (non-hydrogen) atoms. The van der Waals surface area contributed by atoms with E-state index >= 15 is 0 Å². The van der Waals surface area contributed by atoms with Crippen LogP contribution in [0.4, 0.5) is 0 Å². The summed E-state index contributed by atoms with van der Waals surface area (Å²) < 4.78 is 10.5. The van der Waals surface area contributed by atoms with Crippen molar-refractivity contribution < 1.29 is 13.9 Å². The van der Waals surface area contributed by atoms with Gasteiger partial charge in [-0.25, -0.2) is 0 Å². The van der Waals surface area contributed by atoms with E-state index < -0.39 is 5.60 Å². The molecule has 3 heteroatoms. The molecular formula is C13H18O3. The van der Waals surface area contributed by atoms with Gasteiger partial charge in [0.25, 0.3) is 0 Å². The number of furan rings is 1.